The van der Waals surface area contributed by atoms with Crippen LogP contribution in [0.2, 0.25) is 0 Å². The van der Waals surface area contributed by atoms with Crippen LogP contribution < -0.4 is 4.74 Å². The highest BCUT2D eigenvalue weighted by molar-refractivity contribution is 5.92. The van der Waals surface area contributed by atoms with Crippen LogP contribution in [-0.4, -0.2) is 27.3 Å². The van der Waals surface area contributed by atoms with Gasteiger partial charge in [0.15, 0.2) is 0 Å². The maximum atomic E-state index is 12.1. The van der Waals surface area contributed by atoms with Crippen molar-refractivity contribution in [3.63, 3.8) is 0 Å². The summed E-state index contributed by atoms with van der Waals surface area (Å²) in [7, 11) is 1.86. The largest absolute Gasteiger partial charge is 0.462 e. The molecule has 1 aromatic carbocycles. The highest BCUT2D eigenvalue weighted by atomic mass is 16.5. The molecule has 0 amide bonds. The molecule has 0 fully saturated rings. The first-order valence-electron chi connectivity index (χ1n) is 7.98. The van der Waals surface area contributed by atoms with Gasteiger partial charge in [-0.2, -0.15) is 5.10 Å². The number of hydrogen-bond donors (Lipinski definition) is 0. The molecule has 6 heteroatoms. The first kappa shape index (κ1) is 16.7. The zero-order valence-corrected chi connectivity index (χ0v) is 14.4. The minimum atomic E-state index is -0.405. The van der Waals surface area contributed by atoms with E-state index in [1.807, 2.05) is 26.2 Å². The van der Waals surface area contributed by atoms with Gasteiger partial charge in [0.25, 0.3) is 0 Å². The number of aromatic nitrogens is 3. The van der Waals surface area contributed by atoms with Gasteiger partial charge in [-0.05, 0) is 32.0 Å². The molecule has 0 atom stereocenters. The number of carbonyl (C=O) groups excluding carboxylic acids is 1. The van der Waals surface area contributed by atoms with E-state index in [0.29, 0.717) is 23.7 Å². The second-order valence-electron chi connectivity index (χ2n) is 5.50. The molecule has 2 aromatic heterocycles. The number of rotatable bonds is 5. The van der Waals surface area contributed by atoms with Crippen LogP contribution in [0, 0.1) is 6.92 Å². The average molecular weight is 337 g/mol. The molecule has 0 radical (unpaired) electrons. The van der Waals surface area contributed by atoms with E-state index in [9.17, 15) is 4.79 Å². The summed E-state index contributed by atoms with van der Waals surface area (Å²) in [6.45, 7) is 4.01. The van der Waals surface area contributed by atoms with Crippen molar-refractivity contribution in [1.82, 2.24) is 14.8 Å². The van der Waals surface area contributed by atoms with Crippen LogP contribution in [0.25, 0.3) is 11.3 Å². The fraction of sp³-hybridized carbons (Fsp3) is 0.211. The number of benzene rings is 1. The third kappa shape index (κ3) is 3.52. The van der Waals surface area contributed by atoms with E-state index in [-0.39, 0.29) is 0 Å². The fourth-order valence-electron chi connectivity index (χ4n) is 2.51. The van der Waals surface area contributed by atoms with Crippen LogP contribution in [0.5, 0.6) is 11.5 Å². The summed E-state index contributed by atoms with van der Waals surface area (Å²) in [5, 5.41) is 4.18. The Balaban J connectivity index is 1.96. The van der Waals surface area contributed by atoms with E-state index in [0.717, 1.165) is 16.8 Å². The lowest BCUT2D eigenvalue weighted by Crippen LogP contribution is -2.06. The maximum Gasteiger partial charge on any atom is 0.341 e. The van der Waals surface area contributed by atoms with Crippen molar-refractivity contribution >= 4 is 5.97 Å². The maximum absolute atomic E-state index is 12.1. The predicted octanol–water partition coefficient (Wildman–Crippen LogP) is 3.76. The Hall–Kier alpha value is -3.15. The van der Waals surface area contributed by atoms with Crippen LogP contribution in [0.1, 0.15) is 22.8 Å². The van der Waals surface area contributed by atoms with Crippen molar-refractivity contribution in [3.8, 4) is 22.8 Å². The van der Waals surface area contributed by atoms with Crippen LogP contribution >= 0.6 is 0 Å². The van der Waals surface area contributed by atoms with Crippen molar-refractivity contribution in [2.24, 2.45) is 7.05 Å². The van der Waals surface area contributed by atoms with Crippen LogP contribution in [-0.2, 0) is 11.8 Å². The minimum Gasteiger partial charge on any atom is -0.462 e. The first-order valence-corrected chi connectivity index (χ1v) is 7.98. The minimum absolute atomic E-state index is 0.312. The Morgan fingerprint density at radius 1 is 1.20 bits per heavy atom. The van der Waals surface area contributed by atoms with Crippen molar-refractivity contribution in [2.75, 3.05) is 6.61 Å². The zero-order chi connectivity index (χ0) is 17.8. The molecule has 0 aliphatic heterocycles. The van der Waals surface area contributed by atoms with Gasteiger partial charge < -0.3 is 9.47 Å². The Bertz CT molecular complexity index is 902. The first-order chi connectivity index (χ1) is 12.1. The van der Waals surface area contributed by atoms with E-state index < -0.39 is 5.97 Å². The summed E-state index contributed by atoms with van der Waals surface area (Å²) in [5.74, 6) is 0.676. The summed E-state index contributed by atoms with van der Waals surface area (Å²) in [4.78, 5) is 16.5. The lowest BCUT2D eigenvalue weighted by atomic mass is 10.1. The number of para-hydroxylation sites is 1. The van der Waals surface area contributed by atoms with Crippen LogP contribution in [0.4, 0.5) is 0 Å². The van der Waals surface area contributed by atoms with Crippen molar-refractivity contribution < 1.29 is 14.3 Å². The zero-order valence-electron chi connectivity index (χ0n) is 14.4. The molecule has 0 aliphatic rings. The molecule has 0 spiro atoms. The summed E-state index contributed by atoms with van der Waals surface area (Å²) in [6.07, 6.45) is 5.33. The molecular formula is C19H19N3O3. The van der Waals surface area contributed by atoms with Crippen molar-refractivity contribution in [1.29, 1.82) is 0 Å². The van der Waals surface area contributed by atoms with E-state index >= 15 is 0 Å². The molecule has 2 heterocycles. The number of esters is 1. The smallest absolute Gasteiger partial charge is 0.341 e. The predicted molar refractivity (Wildman–Crippen MR) is 93.6 cm³/mol. The van der Waals surface area contributed by atoms with Crippen LogP contribution in [0.15, 0.2) is 48.9 Å². The van der Waals surface area contributed by atoms with Crippen molar-refractivity contribution in [2.45, 2.75) is 13.8 Å². The number of ether oxygens (including phenoxy) is 2. The van der Waals surface area contributed by atoms with Gasteiger partial charge in [0.05, 0.1) is 18.5 Å². The van der Waals surface area contributed by atoms with Gasteiger partial charge in [-0.15, -0.1) is 0 Å². The summed E-state index contributed by atoms with van der Waals surface area (Å²) in [6, 6.07) is 8.80. The highest BCUT2D eigenvalue weighted by Crippen LogP contribution is 2.32. The normalized spacial score (nSPS) is 10.5. The van der Waals surface area contributed by atoms with Gasteiger partial charge in [-0.25, -0.2) is 4.79 Å². The standard InChI is InChI=1S/C19H19N3O3/c1-4-24-19(23)15-7-5-6-8-17(15)25-16-9-10-20-18(13(16)2)14-11-21-22(3)12-14/h5-12H,4H2,1-3H3. The highest BCUT2D eigenvalue weighted by Gasteiger charge is 2.16. The van der Waals surface area contributed by atoms with Gasteiger partial charge in [-0.3, -0.25) is 9.67 Å². The van der Waals surface area contributed by atoms with E-state index in [2.05, 4.69) is 10.1 Å². The van der Waals surface area contributed by atoms with Crippen molar-refractivity contribution in [3.05, 3.63) is 60.0 Å². The Labute approximate surface area is 146 Å². The fourth-order valence-corrected chi connectivity index (χ4v) is 2.51. The second-order valence-corrected chi connectivity index (χ2v) is 5.50. The Kier molecular flexibility index (Phi) is 4.79. The molecular weight excluding hydrogens is 318 g/mol. The number of nitrogens with zero attached hydrogens (tertiary/aromatic N) is 3. The second kappa shape index (κ2) is 7.17. The third-order valence-electron chi connectivity index (χ3n) is 3.73. The van der Waals surface area contributed by atoms with E-state index in [4.69, 9.17) is 9.47 Å². The molecule has 3 aromatic rings. The molecule has 0 saturated carbocycles. The van der Waals surface area contributed by atoms with Gasteiger partial charge in [-0.1, -0.05) is 12.1 Å². The van der Waals surface area contributed by atoms with Gasteiger partial charge >= 0.3 is 5.97 Å². The molecule has 0 unspecified atom stereocenters. The molecule has 0 bridgehead atoms. The quantitative estimate of drug-likeness (QED) is 0.663. The van der Waals surface area contributed by atoms with E-state index in [1.165, 1.54) is 0 Å². The van der Waals surface area contributed by atoms with Gasteiger partial charge in [0.2, 0.25) is 0 Å². The van der Waals surface area contributed by atoms with Gasteiger partial charge in [0, 0.05) is 30.6 Å². The van der Waals surface area contributed by atoms with Crippen LogP contribution in [0.3, 0.4) is 0 Å². The summed E-state index contributed by atoms with van der Waals surface area (Å²) < 4.78 is 12.8. The molecule has 0 N–H and O–H groups in total. The van der Waals surface area contributed by atoms with E-state index in [1.54, 1.807) is 48.3 Å². The number of hydrogen-bond acceptors (Lipinski definition) is 5. The molecule has 0 aliphatic carbocycles. The average Bonchev–Trinajstić information content (AvgIpc) is 3.03. The summed E-state index contributed by atoms with van der Waals surface area (Å²) in [5.41, 5.74) is 2.96. The molecule has 0 saturated heterocycles. The third-order valence-corrected chi connectivity index (χ3v) is 3.73. The molecule has 6 nitrogen and oxygen atoms in total. The SMILES string of the molecule is CCOC(=O)c1ccccc1Oc1ccnc(-c2cnn(C)c2)c1C. The molecule has 25 heavy (non-hydrogen) atoms. The number of aryl methyl sites for hydroxylation is 1. The Morgan fingerprint density at radius 2 is 2.00 bits per heavy atom. The topological polar surface area (TPSA) is 66.2 Å². The Morgan fingerprint density at radius 3 is 2.72 bits per heavy atom. The van der Waals surface area contributed by atoms with Gasteiger partial charge in [0.1, 0.15) is 17.1 Å². The summed E-state index contributed by atoms with van der Waals surface area (Å²) >= 11 is 0. The lowest BCUT2D eigenvalue weighted by Gasteiger charge is -2.13. The number of pyridine rings is 1. The molecule has 128 valence electrons. The number of carbonyl (C=O) groups is 1. The lowest BCUT2D eigenvalue weighted by molar-refractivity contribution is 0.0523. The molecule has 3 rings (SSSR count). The monoisotopic (exact) mass is 337 g/mol.